The number of ether oxygens (including phenoxy) is 2. The second kappa shape index (κ2) is 13.5. The summed E-state index contributed by atoms with van der Waals surface area (Å²) in [6.45, 7) is 9.33. The molecule has 3 atom stereocenters. The molecule has 2 amide bonds. The summed E-state index contributed by atoms with van der Waals surface area (Å²) in [6, 6.07) is 19.3. The van der Waals surface area contributed by atoms with Gasteiger partial charge in [0.05, 0.1) is 30.7 Å². The van der Waals surface area contributed by atoms with Gasteiger partial charge >= 0.3 is 6.09 Å². The van der Waals surface area contributed by atoms with E-state index < -0.39 is 11.2 Å². The molecule has 2 aromatic carbocycles. The zero-order valence-corrected chi connectivity index (χ0v) is 26.4. The average Bonchev–Trinajstić information content (AvgIpc) is 3.45. The number of imidazole rings is 1. The van der Waals surface area contributed by atoms with Crippen LogP contribution in [0.4, 0.5) is 4.79 Å². The van der Waals surface area contributed by atoms with E-state index in [1.54, 1.807) is 11.2 Å². The van der Waals surface area contributed by atoms with Crippen LogP contribution in [0.25, 0.3) is 11.3 Å². The molecular formula is C35H46N4O5. The molecule has 0 bridgehead atoms. The lowest BCUT2D eigenvalue weighted by molar-refractivity contribution is -0.0972. The van der Waals surface area contributed by atoms with Crippen molar-refractivity contribution in [3.63, 3.8) is 0 Å². The van der Waals surface area contributed by atoms with E-state index in [9.17, 15) is 14.7 Å². The fraction of sp³-hybridized carbons (Fsp3) is 0.514. The Labute approximate surface area is 260 Å². The van der Waals surface area contributed by atoms with E-state index in [1.807, 2.05) is 97.8 Å². The van der Waals surface area contributed by atoms with Crippen molar-refractivity contribution in [3.8, 4) is 11.3 Å². The highest BCUT2D eigenvalue weighted by atomic mass is 16.6. The van der Waals surface area contributed by atoms with Crippen LogP contribution in [0.15, 0.2) is 67.0 Å². The predicted molar refractivity (Wildman–Crippen MR) is 169 cm³/mol. The van der Waals surface area contributed by atoms with Crippen LogP contribution in [0, 0.1) is 0 Å². The standard InChI is InChI=1S/C35H46N4O5/c1-5-43-24-35(42)19-13-12-18-29(35)39-25-36-30(31(39)27-16-10-7-11-17-27)32(40)38-21-20-37(33(41)44-34(2,3)4)23-28(38)22-26-14-8-6-9-15-26/h6-11,14-17,25,28-29,42H,5,12-13,18-24H2,1-4H3/t28-,29?,35?/m1/s1. The van der Waals surface area contributed by atoms with Gasteiger partial charge in [-0.1, -0.05) is 73.5 Å². The fourth-order valence-electron chi connectivity index (χ4n) is 6.50. The molecule has 2 unspecified atom stereocenters. The van der Waals surface area contributed by atoms with Gasteiger partial charge in [-0.05, 0) is 52.5 Å². The van der Waals surface area contributed by atoms with Gasteiger partial charge in [0.15, 0.2) is 5.69 Å². The summed E-state index contributed by atoms with van der Waals surface area (Å²) >= 11 is 0. The number of amides is 2. The first-order chi connectivity index (χ1) is 21.1. The number of aromatic nitrogens is 2. The van der Waals surface area contributed by atoms with E-state index in [0.717, 1.165) is 30.4 Å². The summed E-state index contributed by atoms with van der Waals surface area (Å²) in [4.78, 5) is 35.9. The van der Waals surface area contributed by atoms with Crippen molar-refractivity contribution in [1.82, 2.24) is 19.4 Å². The topological polar surface area (TPSA) is 97.1 Å². The predicted octanol–water partition coefficient (Wildman–Crippen LogP) is 5.74. The van der Waals surface area contributed by atoms with Crippen molar-refractivity contribution in [2.24, 2.45) is 0 Å². The molecule has 2 aliphatic rings. The minimum Gasteiger partial charge on any atom is -0.444 e. The minimum absolute atomic E-state index is 0.184. The van der Waals surface area contributed by atoms with Crippen molar-refractivity contribution >= 4 is 12.0 Å². The largest absolute Gasteiger partial charge is 0.444 e. The third-order valence-corrected chi connectivity index (χ3v) is 8.60. The van der Waals surface area contributed by atoms with Crippen LogP contribution in [-0.2, 0) is 15.9 Å². The lowest BCUT2D eigenvalue weighted by Gasteiger charge is -2.42. The summed E-state index contributed by atoms with van der Waals surface area (Å²) in [6.07, 6.45) is 5.21. The number of hydrogen-bond donors (Lipinski definition) is 1. The first-order valence-electron chi connectivity index (χ1n) is 15.8. The monoisotopic (exact) mass is 602 g/mol. The first kappa shape index (κ1) is 31.7. The van der Waals surface area contributed by atoms with E-state index in [4.69, 9.17) is 14.5 Å². The molecule has 1 aliphatic carbocycles. The Hall–Kier alpha value is -3.69. The van der Waals surface area contributed by atoms with Crippen LogP contribution in [-0.4, -0.2) is 86.5 Å². The lowest BCUT2D eigenvalue weighted by atomic mass is 9.80. The summed E-state index contributed by atoms with van der Waals surface area (Å²) in [5.41, 5.74) is 1.32. The molecule has 1 aliphatic heterocycles. The molecule has 9 nitrogen and oxygen atoms in total. The fourth-order valence-corrected chi connectivity index (χ4v) is 6.50. The molecular weight excluding hydrogens is 556 g/mol. The van der Waals surface area contributed by atoms with Gasteiger partial charge in [-0.15, -0.1) is 0 Å². The molecule has 2 heterocycles. The van der Waals surface area contributed by atoms with Crippen LogP contribution in [0.3, 0.4) is 0 Å². The summed E-state index contributed by atoms with van der Waals surface area (Å²) in [5, 5.41) is 11.8. The van der Waals surface area contributed by atoms with Crippen molar-refractivity contribution in [2.75, 3.05) is 32.8 Å². The SMILES string of the molecule is CCOCC1(O)CCCCC1n1cnc(C(=O)N2CCN(C(=O)OC(C)(C)C)C[C@H]2Cc2ccccc2)c1-c1ccccc1. The zero-order valence-electron chi connectivity index (χ0n) is 26.4. The van der Waals surface area contributed by atoms with Gasteiger partial charge in [-0.3, -0.25) is 4.79 Å². The Morgan fingerprint density at radius 1 is 1.02 bits per heavy atom. The Bertz CT molecular complexity index is 1400. The van der Waals surface area contributed by atoms with Gasteiger partial charge in [-0.2, -0.15) is 0 Å². The molecule has 1 saturated carbocycles. The first-order valence-corrected chi connectivity index (χ1v) is 15.8. The van der Waals surface area contributed by atoms with Crippen molar-refractivity contribution in [3.05, 3.63) is 78.2 Å². The molecule has 0 spiro atoms. The van der Waals surface area contributed by atoms with Crippen molar-refractivity contribution < 1.29 is 24.2 Å². The number of aliphatic hydroxyl groups is 1. The lowest BCUT2D eigenvalue weighted by Crippen LogP contribution is -2.58. The van der Waals surface area contributed by atoms with Gasteiger partial charge in [0, 0.05) is 31.8 Å². The molecule has 3 aromatic rings. The maximum atomic E-state index is 14.6. The van der Waals surface area contributed by atoms with Gasteiger partial charge < -0.3 is 28.9 Å². The molecule has 1 N–H and O–H groups in total. The number of benzene rings is 2. The maximum Gasteiger partial charge on any atom is 0.410 e. The third-order valence-electron chi connectivity index (χ3n) is 8.60. The summed E-state index contributed by atoms with van der Waals surface area (Å²) in [5.74, 6) is -0.184. The molecule has 44 heavy (non-hydrogen) atoms. The van der Waals surface area contributed by atoms with E-state index in [1.165, 1.54) is 0 Å². The highest BCUT2D eigenvalue weighted by Gasteiger charge is 2.43. The maximum absolute atomic E-state index is 14.6. The smallest absolute Gasteiger partial charge is 0.410 e. The Kier molecular flexibility index (Phi) is 9.75. The van der Waals surface area contributed by atoms with Gasteiger partial charge in [0.25, 0.3) is 5.91 Å². The number of hydrogen-bond acceptors (Lipinski definition) is 6. The average molecular weight is 603 g/mol. The zero-order chi connectivity index (χ0) is 31.3. The minimum atomic E-state index is -1.06. The normalized spacial score (nSPS) is 22.6. The van der Waals surface area contributed by atoms with E-state index in [2.05, 4.69) is 0 Å². The number of nitrogens with zero attached hydrogens (tertiary/aromatic N) is 4. The number of carbonyl (C=O) groups is 2. The van der Waals surface area contributed by atoms with Crippen LogP contribution >= 0.6 is 0 Å². The van der Waals surface area contributed by atoms with Crippen molar-refractivity contribution in [2.45, 2.75) is 83.1 Å². The van der Waals surface area contributed by atoms with Gasteiger partial charge in [0.2, 0.25) is 0 Å². The van der Waals surface area contributed by atoms with E-state index in [0.29, 0.717) is 50.5 Å². The number of rotatable bonds is 8. The van der Waals surface area contributed by atoms with Crippen LogP contribution < -0.4 is 0 Å². The highest BCUT2D eigenvalue weighted by Crippen LogP contribution is 2.41. The van der Waals surface area contributed by atoms with Crippen molar-refractivity contribution in [1.29, 1.82) is 0 Å². The number of piperazine rings is 1. The van der Waals surface area contributed by atoms with Crippen LogP contribution in [0.5, 0.6) is 0 Å². The second-order valence-electron chi connectivity index (χ2n) is 13.0. The second-order valence-corrected chi connectivity index (χ2v) is 13.0. The molecule has 1 saturated heterocycles. The molecule has 5 rings (SSSR count). The molecule has 236 valence electrons. The van der Waals surface area contributed by atoms with Gasteiger partial charge in [0.1, 0.15) is 11.2 Å². The van der Waals surface area contributed by atoms with Crippen LogP contribution in [0.2, 0.25) is 0 Å². The highest BCUT2D eigenvalue weighted by molar-refractivity contribution is 5.98. The van der Waals surface area contributed by atoms with E-state index in [-0.39, 0.29) is 30.7 Å². The molecule has 0 radical (unpaired) electrons. The van der Waals surface area contributed by atoms with E-state index >= 15 is 0 Å². The van der Waals surface area contributed by atoms with Gasteiger partial charge in [-0.25, -0.2) is 9.78 Å². The Balaban J connectivity index is 1.51. The van der Waals surface area contributed by atoms with Crippen LogP contribution in [0.1, 0.15) is 75.5 Å². The Morgan fingerprint density at radius 2 is 1.73 bits per heavy atom. The number of carbonyl (C=O) groups excluding carboxylic acids is 2. The molecule has 2 fully saturated rings. The molecule has 1 aromatic heterocycles. The third kappa shape index (κ3) is 7.16. The quantitative estimate of drug-likeness (QED) is 0.353. The Morgan fingerprint density at radius 3 is 2.41 bits per heavy atom. The summed E-state index contributed by atoms with van der Waals surface area (Å²) < 4.78 is 13.4. The molecule has 9 heteroatoms. The summed E-state index contributed by atoms with van der Waals surface area (Å²) in [7, 11) is 0.